The van der Waals surface area contributed by atoms with Gasteiger partial charge in [0.05, 0.1) is 0 Å². The van der Waals surface area contributed by atoms with Crippen LogP contribution in [0.3, 0.4) is 0 Å². The molecular weight excluding hydrogens is 280 g/mol. The number of carbonyl (C=O) groups is 1. The summed E-state index contributed by atoms with van der Waals surface area (Å²) in [6.07, 6.45) is 3.70. The van der Waals surface area contributed by atoms with E-state index in [4.69, 9.17) is 0 Å². The summed E-state index contributed by atoms with van der Waals surface area (Å²) in [6, 6.07) is 13.3. The standard InChI is InChI=1S/C15H14N6O/c22-15(17-9-8-12-4-2-1-3-5-12)13-6-7-14(20-19-13)21-11-16-10-18-21/h1-7,10-11H,8-9H2,(H,17,22). The zero-order valence-electron chi connectivity index (χ0n) is 11.8. The van der Waals surface area contributed by atoms with Gasteiger partial charge in [-0.15, -0.1) is 10.2 Å². The largest absolute Gasteiger partial charge is 0.350 e. The van der Waals surface area contributed by atoms with E-state index in [1.807, 2.05) is 30.3 Å². The first kappa shape index (κ1) is 13.9. The van der Waals surface area contributed by atoms with Gasteiger partial charge in [0.2, 0.25) is 0 Å². The van der Waals surface area contributed by atoms with Crippen LogP contribution < -0.4 is 5.32 Å². The summed E-state index contributed by atoms with van der Waals surface area (Å²) in [7, 11) is 0. The molecule has 0 saturated heterocycles. The fraction of sp³-hybridized carbons (Fsp3) is 0.133. The van der Waals surface area contributed by atoms with E-state index in [-0.39, 0.29) is 11.6 Å². The van der Waals surface area contributed by atoms with Gasteiger partial charge in [-0.3, -0.25) is 4.79 Å². The van der Waals surface area contributed by atoms with Crippen molar-refractivity contribution in [1.29, 1.82) is 0 Å². The number of rotatable bonds is 5. The molecule has 7 heteroatoms. The Balaban J connectivity index is 1.56. The van der Waals surface area contributed by atoms with Crippen molar-refractivity contribution in [3.63, 3.8) is 0 Å². The Morgan fingerprint density at radius 2 is 1.95 bits per heavy atom. The van der Waals surface area contributed by atoms with Crippen molar-refractivity contribution in [1.82, 2.24) is 30.3 Å². The Hall–Kier alpha value is -3.09. The first-order valence-electron chi connectivity index (χ1n) is 6.84. The summed E-state index contributed by atoms with van der Waals surface area (Å²) >= 11 is 0. The predicted octanol–water partition coefficient (Wildman–Crippen LogP) is 1.03. The predicted molar refractivity (Wildman–Crippen MR) is 79.4 cm³/mol. The SMILES string of the molecule is O=C(NCCc1ccccc1)c1ccc(-n2cncn2)nn1. The topological polar surface area (TPSA) is 85.6 Å². The fourth-order valence-corrected chi connectivity index (χ4v) is 1.95. The lowest BCUT2D eigenvalue weighted by Gasteiger charge is -2.05. The first-order valence-corrected chi connectivity index (χ1v) is 6.84. The third-order valence-corrected chi connectivity index (χ3v) is 3.08. The van der Waals surface area contributed by atoms with Crippen molar-refractivity contribution < 1.29 is 4.79 Å². The number of nitrogens with one attached hydrogen (secondary N) is 1. The average Bonchev–Trinajstić information content (AvgIpc) is 3.10. The second kappa shape index (κ2) is 6.57. The number of aromatic nitrogens is 5. The lowest BCUT2D eigenvalue weighted by atomic mass is 10.1. The molecule has 1 aromatic carbocycles. The molecule has 0 aliphatic heterocycles. The molecule has 1 amide bonds. The highest BCUT2D eigenvalue weighted by molar-refractivity contribution is 5.92. The van der Waals surface area contributed by atoms with Crippen LogP contribution in [-0.2, 0) is 6.42 Å². The lowest BCUT2D eigenvalue weighted by Crippen LogP contribution is -2.26. The fourth-order valence-electron chi connectivity index (χ4n) is 1.95. The monoisotopic (exact) mass is 294 g/mol. The van der Waals surface area contributed by atoms with Crippen molar-refractivity contribution in [2.24, 2.45) is 0 Å². The second-order valence-electron chi connectivity index (χ2n) is 4.61. The summed E-state index contributed by atoms with van der Waals surface area (Å²) in [6.45, 7) is 0.551. The van der Waals surface area contributed by atoms with E-state index in [9.17, 15) is 4.79 Å². The van der Waals surface area contributed by atoms with E-state index in [2.05, 4.69) is 25.6 Å². The van der Waals surface area contributed by atoms with Gasteiger partial charge in [-0.05, 0) is 24.1 Å². The third kappa shape index (κ3) is 3.32. The van der Waals surface area contributed by atoms with Gasteiger partial charge in [0, 0.05) is 6.54 Å². The van der Waals surface area contributed by atoms with Gasteiger partial charge >= 0.3 is 0 Å². The van der Waals surface area contributed by atoms with Crippen LogP contribution in [0.2, 0.25) is 0 Å². The second-order valence-corrected chi connectivity index (χ2v) is 4.61. The normalized spacial score (nSPS) is 10.4. The van der Waals surface area contributed by atoms with Crippen LogP contribution in [0, 0.1) is 0 Å². The molecule has 22 heavy (non-hydrogen) atoms. The van der Waals surface area contributed by atoms with E-state index in [0.29, 0.717) is 12.4 Å². The van der Waals surface area contributed by atoms with Crippen LogP contribution in [0.25, 0.3) is 5.82 Å². The molecule has 2 heterocycles. The van der Waals surface area contributed by atoms with E-state index < -0.39 is 0 Å². The summed E-state index contributed by atoms with van der Waals surface area (Å²) in [5, 5.41) is 14.6. The molecule has 0 saturated carbocycles. The van der Waals surface area contributed by atoms with E-state index in [0.717, 1.165) is 6.42 Å². The smallest absolute Gasteiger partial charge is 0.271 e. The third-order valence-electron chi connectivity index (χ3n) is 3.08. The quantitative estimate of drug-likeness (QED) is 0.759. The molecule has 0 aliphatic carbocycles. The van der Waals surface area contributed by atoms with Gasteiger partial charge in [0.25, 0.3) is 5.91 Å². The molecule has 0 unspecified atom stereocenters. The van der Waals surface area contributed by atoms with Crippen LogP contribution in [0.5, 0.6) is 0 Å². The molecule has 0 bridgehead atoms. The van der Waals surface area contributed by atoms with E-state index >= 15 is 0 Å². The van der Waals surface area contributed by atoms with Crippen LogP contribution in [-0.4, -0.2) is 37.4 Å². The molecule has 3 aromatic rings. The Bertz CT molecular complexity index is 724. The molecule has 7 nitrogen and oxygen atoms in total. The molecule has 3 rings (SSSR count). The minimum Gasteiger partial charge on any atom is -0.350 e. The number of hydrogen-bond acceptors (Lipinski definition) is 5. The van der Waals surface area contributed by atoms with Crippen molar-refractivity contribution in [3.8, 4) is 5.82 Å². The zero-order valence-corrected chi connectivity index (χ0v) is 11.8. The minimum absolute atomic E-state index is 0.242. The number of carbonyl (C=O) groups excluding carboxylic acids is 1. The molecule has 2 aromatic heterocycles. The van der Waals surface area contributed by atoms with Crippen molar-refractivity contribution in [2.75, 3.05) is 6.54 Å². The first-order chi connectivity index (χ1) is 10.8. The van der Waals surface area contributed by atoms with Crippen molar-refractivity contribution >= 4 is 5.91 Å². The van der Waals surface area contributed by atoms with Gasteiger partial charge in [0.15, 0.2) is 11.5 Å². The molecule has 0 radical (unpaired) electrons. The summed E-state index contributed by atoms with van der Waals surface area (Å²) < 4.78 is 1.48. The molecule has 0 fully saturated rings. The highest BCUT2D eigenvalue weighted by Gasteiger charge is 2.08. The summed E-state index contributed by atoms with van der Waals surface area (Å²) in [4.78, 5) is 15.8. The maximum Gasteiger partial charge on any atom is 0.271 e. The van der Waals surface area contributed by atoms with Crippen LogP contribution in [0.4, 0.5) is 0 Å². The van der Waals surface area contributed by atoms with Gasteiger partial charge in [-0.2, -0.15) is 5.10 Å². The van der Waals surface area contributed by atoms with Crippen LogP contribution in [0.15, 0.2) is 55.1 Å². The number of amides is 1. The highest BCUT2D eigenvalue weighted by atomic mass is 16.1. The van der Waals surface area contributed by atoms with Gasteiger partial charge in [0.1, 0.15) is 12.7 Å². The van der Waals surface area contributed by atoms with E-state index in [1.165, 1.54) is 22.9 Å². The number of hydrogen-bond donors (Lipinski definition) is 1. The molecule has 110 valence electrons. The van der Waals surface area contributed by atoms with Gasteiger partial charge in [-0.1, -0.05) is 30.3 Å². The molecule has 0 aliphatic rings. The molecular formula is C15H14N6O. The average molecular weight is 294 g/mol. The zero-order chi connectivity index (χ0) is 15.2. The molecule has 0 spiro atoms. The Morgan fingerprint density at radius 1 is 1.09 bits per heavy atom. The maximum absolute atomic E-state index is 12.0. The lowest BCUT2D eigenvalue weighted by molar-refractivity contribution is 0.0948. The Morgan fingerprint density at radius 3 is 2.64 bits per heavy atom. The Labute approximate surface area is 127 Å². The van der Waals surface area contributed by atoms with Crippen molar-refractivity contribution in [2.45, 2.75) is 6.42 Å². The van der Waals surface area contributed by atoms with Crippen LogP contribution in [0.1, 0.15) is 16.1 Å². The number of nitrogens with zero attached hydrogens (tertiary/aromatic N) is 5. The van der Waals surface area contributed by atoms with Crippen molar-refractivity contribution in [3.05, 3.63) is 66.4 Å². The van der Waals surface area contributed by atoms with Gasteiger partial charge in [-0.25, -0.2) is 9.67 Å². The maximum atomic E-state index is 12.0. The van der Waals surface area contributed by atoms with Gasteiger partial charge < -0.3 is 5.32 Å². The van der Waals surface area contributed by atoms with Crippen LogP contribution >= 0.6 is 0 Å². The van der Waals surface area contributed by atoms with E-state index in [1.54, 1.807) is 12.1 Å². The highest BCUT2D eigenvalue weighted by Crippen LogP contribution is 2.02. The molecule has 0 atom stereocenters. The number of benzene rings is 1. The summed E-state index contributed by atoms with van der Waals surface area (Å²) in [5.41, 5.74) is 1.45. The minimum atomic E-state index is -0.242. The Kier molecular flexibility index (Phi) is 4.15. The molecule has 1 N–H and O–H groups in total. The summed E-state index contributed by atoms with van der Waals surface area (Å²) in [5.74, 6) is 0.270.